The number of nitrogens with one attached hydrogen (secondary N) is 1. The quantitative estimate of drug-likeness (QED) is 0.899. The van der Waals surface area contributed by atoms with Crippen molar-refractivity contribution in [3.63, 3.8) is 0 Å². The maximum absolute atomic E-state index is 12.3. The highest BCUT2D eigenvalue weighted by Gasteiger charge is 2.28. The Morgan fingerprint density at radius 2 is 2.05 bits per heavy atom. The SMILES string of the molecule is COc1ccc(C)c2c1C(CCCC(F)(F)F)=NC(C)N2. The van der Waals surface area contributed by atoms with Gasteiger partial charge in [-0.15, -0.1) is 0 Å². The second-order valence-electron chi connectivity index (χ2n) is 5.20. The zero-order valence-corrected chi connectivity index (χ0v) is 12.3. The van der Waals surface area contributed by atoms with Gasteiger partial charge in [-0.05, 0) is 38.3 Å². The van der Waals surface area contributed by atoms with Gasteiger partial charge in [0.05, 0.1) is 24.1 Å². The van der Waals surface area contributed by atoms with Crippen LogP contribution >= 0.6 is 0 Å². The van der Waals surface area contributed by atoms with Gasteiger partial charge >= 0.3 is 6.18 Å². The van der Waals surface area contributed by atoms with Crippen LogP contribution in [0.25, 0.3) is 0 Å². The van der Waals surface area contributed by atoms with Gasteiger partial charge in [0, 0.05) is 6.42 Å². The first kappa shape index (κ1) is 15.7. The largest absolute Gasteiger partial charge is 0.496 e. The molecule has 1 N–H and O–H groups in total. The number of fused-ring (bicyclic) bond motifs is 1. The first-order valence-corrected chi connectivity index (χ1v) is 6.89. The van der Waals surface area contributed by atoms with Gasteiger partial charge < -0.3 is 10.1 Å². The molecule has 1 aliphatic heterocycles. The van der Waals surface area contributed by atoms with Gasteiger partial charge in [-0.25, -0.2) is 0 Å². The van der Waals surface area contributed by atoms with E-state index in [0.29, 0.717) is 17.9 Å². The van der Waals surface area contributed by atoms with Gasteiger partial charge in [-0.2, -0.15) is 13.2 Å². The van der Waals surface area contributed by atoms with Crippen LogP contribution < -0.4 is 10.1 Å². The van der Waals surface area contributed by atoms with E-state index < -0.39 is 12.6 Å². The molecule has 0 fully saturated rings. The number of ether oxygens (including phenoxy) is 1. The van der Waals surface area contributed by atoms with Crippen molar-refractivity contribution in [1.29, 1.82) is 0 Å². The van der Waals surface area contributed by atoms with Crippen LogP contribution in [0, 0.1) is 6.92 Å². The molecule has 0 radical (unpaired) electrons. The third kappa shape index (κ3) is 3.68. The Morgan fingerprint density at radius 3 is 2.67 bits per heavy atom. The lowest BCUT2D eigenvalue weighted by Crippen LogP contribution is -2.25. The molecule has 0 amide bonds. The molecule has 116 valence electrons. The molecule has 0 aliphatic carbocycles. The average Bonchev–Trinajstić information content (AvgIpc) is 2.38. The second-order valence-corrected chi connectivity index (χ2v) is 5.20. The van der Waals surface area contributed by atoms with Crippen molar-refractivity contribution in [2.24, 2.45) is 4.99 Å². The van der Waals surface area contributed by atoms with Crippen LogP contribution in [0.2, 0.25) is 0 Å². The molecule has 1 atom stereocenters. The third-order valence-corrected chi connectivity index (χ3v) is 3.46. The van der Waals surface area contributed by atoms with Crippen molar-refractivity contribution < 1.29 is 17.9 Å². The maximum Gasteiger partial charge on any atom is 0.389 e. The number of anilines is 1. The Labute approximate surface area is 122 Å². The highest BCUT2D eigenvalue weighted by molar-refractivity contribution is 6.09. The Morgan fingerprint density at radius 1 is 1.33 bits per heavy atom. The monoisotopic (exact) mass is 300 g/mol. The topological polar surface area (TPSA) is 33.6 Å². The summed E-state index contributed by atoms with van der Waals surface area (Å²) in [6.07, 6.45) is -4.75. The number of benzene rings is 1. The van der Waals surface area contributed by atoms with Gasteiger partial charge in [0.2, 0.25) is 0 Å². The van der Waals surface area contributed by atoms with E-state index in [9.17, 15) is 13.2 Å². The first-order valence-electron chi connectivity index (χ1n) is 6.89. The van der Waals surface area contributed by atoms with E-state index in [-0.39, 0.29) is 12.6 Å². The van der Waals surface area contributed by atoms with Gasteiger partial charge in [-0.3, -0.25) is 4.99 Å². The number of alkyl halides is 3. The minimum absolute atomic E-state index is 0.0333. The van der Waals surface area contributed by atoms with Crippen LogP contribution in [-0.2, 0) is 0 Å². The Hall–Kier alpha value is -1.72. The number of hydrogen-bond acceptors (Lipinski definition) is 3. The van der Waals surface area contributed by atoms with E-state index in [0.717, 1.165) is 16.8 Å². The third-order valence-electron chi connectivity index (χ3n) is 3.46. The summed E-state index contributed by atoms with van der Waals surface area (Å²) >= 11 is 0. The van der Waals surface area contributed by atoms with Crippen molar-refractivity contribution >= 4 is 11.4 Å². The molecular formula is C15H19F3N2O. The molecule has 0 spiro atoms. The van der Waals surface area contributed by atoms with Crippen LogP contribution in [0.5, 0.6) is 5.75 Å². The summed E-state index contributed by atoms with van der Waals surface area (Å²) in [5.41, 5.74) is 3.40. The number of halogens is 3. The Balaban J connectivity index is 2.28. The molecule has 1 aliphatic rings. The molecule has 0 saturated heterocycles. The predicted octanol–water partition coefficient (Wildman–Crippen LogP) is 4.30. The molecule has 21 heavy (non-hydrogen) atoms. The normalized spacial score (nSPS) is 17.8. The Bertz CT molecular complexity index is 553. The van der Waals surface area contributed by atoms with Crippen molar-refractivity contribution in [2.75, 3.05) is 12.4 Å². The predicted molar refractivity (Wildman–Crippen MR) is 77.3 cm³/mol. The van der Waals surface area contributed by atoms with Crippen LogP contribution in [0.15, 0.2) is 17.1 Å². The lowest BCUT2D eigenvalue weighted by Gasteiger charge is -2.26. The van der Waals surface area contributed by atoms with E-state index in [1.807, 2.05) is 26.0 Å². The van der Waals surface area contributed by atoms with Crippen molar-refractivity contribution in [3.05, 3.63) is 23.3 Å². The number of hydrogen-bond donors (Lipinski definition) is 1. The van der Waals surface area contributed by atoms with Gasteiger partial charge in [0.25, 0.3) is 0 Å². The van der Waals surface area contributed by atoms with Crippen LogP contribution in [0.1, 0.15) is 37.3 Å². The summed E-state index contributed by atoms with van der Waals surface area (Å²) in [7, 11) is 1.55. The summed E-state index contributed by atoms with van der Waals surface area (Å²) in [6, 6.07) is 3.75. The molecule has 0 aromatic heterocycles. The van der Waals surface area contributed by atoms with Crippen LogP contribution in [0.3, 0.4) is 0 Å². The fraction of sp³-hybridized carbons (Fsp3) is 0.533. The molecule has 6 heteroatoms. The van der Waals surface area contributed by atoms with E-state index in [4.69, 9.17) is 4.74 Å². The van der Waals surface area contributed by atoms with E-state index in [1.165, 1.54) is 0 Å². The number of nitrogens with zero attached hydrogens (tertiary/aromatic N) is 1. The van der Waals surface area contributed by atoms with E-state index >= 15 is 0 Å². The molecule has 3 nitrogen and oxygen atoms in total. The zero-order chi connectivity index (χ0) is 15.6. The van der Waals surface area contributed by atoms with Crippen molar-refractivity contribution in [3.8, 4) is 5.75 Å². The molecule has 1 unspecified atom stereocenters. The van der Waals surface area contributed by atoms with Gasteiger partial charge in [0.1, 0.15) is 11.9 Å². The van der Waals surface area contributed by atoms with Crippen molar-refractivity contribution in [2.45, 2.75) is 45.5 Å². The molecule has 1 heterocycles. The average molecular weight is 300 g/mol. The zero-order valence-electron chi connectivity index (χ0n) is 12.3. The number of rotatable bonds is 4. The maximum atomic E-state index is 12.3. The molecule has 1 aromatic carbocycles. The lowest BCUT2D eigenvalue weighted by molar-refractivity contribution is -0.135. The molecule has 1 aromatic rings. The molecule has 0 bridgehead atoms. The second kappa shape index (κ2) is 5.95. The number of aryl methyl sites for hydroxylation is 1. The van der Waals surface area contributed by atoms with E-state index in [2.05, 4.69) is 10.3 Å². The smallest absolute Gasteiger partial charge is 0.389 e. The fourth-order valence-electron chi connectivity index (χ4n) is 2.52. The number of methoxy groups -OCH3 is 1. The molecule has 0 saturated carbocycles. The summed E-state index contributed by atoms with van der Waals surface area (Å²) in [5, 5.41) is 3.25. The summed E-state index contributed by atoms with van der Waals surface area (Å²) in [4.78, 5) is 4.45. The minimum Gasteiger partial charge on any atom is -0.496 e. The Kier molecular flexibility index (Phi) is 4.44. The first-order chi connectivity index (χ1) is 9.81. The summed E-state index contributed by atoms with van der Waals surface area (Å²) in [6.45, 7) is 3.84. The van der Waals surface area contributed by atoms with Crippen molar-refractivity contribution in [1.82, 2.24) is 0 Å². The standard InChI is InChI=1S/C15H19F3N2O/c1-9-6-7-12(21-3)13-11(5-4-8-15(16,17)18)19-10(2)20-14(9)13/h6-7,10,20H,4-5,8H2,1-3H3. The summed E-state index contributed by atoms with van der Waals surface area (Å²) < 4.78 is 42.3. The van der Waals surface area contributed by atoms with Crippen LogP contribution in [-0.4, -0.2) is 25.2 Å². The highest BCUT2D eigenvalue weighted by Crippen LogP contribution is 2.35. The van der Waals surface area contributed by atoms with E-state index in [1.54, 1.807) is 7.11 Å². The van der Waals surface area contributed by atoms with Crippen LogP contribution in [0.4, 0.5) is 18.9 Å². The lowest BCUT2D eigenvalue weighted by atomic mass is 9.96. The summed E-state index contributed by atoms with van der Waals surface area (Å²) in [5.74, 6) is 0.640. The number of aliphatic imine (C=N–C) groups is 1. The molecular weight excluding hydrogens is 281 g/mol. The fourth-order valence-corrected chi connectivity index (χ4v) is 2.52. The minimum atomic E-state index is -4.13. The highest BCUT2D eigenvalue weighted by atomic mass is 19.4. The van der Waals surface area contributed by atoms with Gasteiger partial charge in [-0.1, -0.05) is 6.07 Å². The molecule has 2 rings (SSSR count). The van der Waals surface area contributed by atoms with Gasteiger partial charge in [0.15, 0.2) is 0 Å².